The zero-order valence-corrected chi connectivity index (χ0v) is 13.2. The third kappa shape index (κ3) is 8.25. The standard InChI is InChI=1S/C16H33NO2/c1-5-8-9-14(6-2)12-16(18)15(7-3)11-10-13(4)17-19/h14-16,18-19H,5-12H2,1-4H3. The normalized spacial score (nSPS) is 17.2. The molecule has 3 unspecified atom stereocenters. The van der Waals surface area contributed by atoms with Gasteiger partial charge in [-0.1, -0.05) is 58.0 Å². The highest BCUT2D eigenvalue weighted by Gasteiger charge is 2.21. The number of hydrogen-bond donors (Lipinski definition) is 2. The molecule has 0 aromatic heterocycles. The molecule has 3 heteroatoms. The van der Waals surface area contributed by atoms with Crippen LogP contribution in [0.4, 0.5) is 0 Å². The van der Waals surface area contributed by atoms with Gasteiger partial charge in [-0.05, 0) is 38.0 Å². The van der Waals surface area contributed by atoms with Crippen LogP contribution in [-0.4, -0.2) is 22.1 Å². The van der Waals surface area contributed by atoms with Crippen LogP contribution in [0.3, 0.4) is 0 Å². The number of hydrogen-bond acceptors (Lipinski definition) is 3. The number of oxime groups is 1. The first-order chi connectivity index (χ1) is 9.08. The Morgan fingerprint density at radius 1 is 1.11 bits per heavy atom. The van der Waals surface area contributed by atoms with Gasteiger partial charge in [0, 0.05) is 0 Å². The Hall–Kier alpha value is -0.570. The lowest BCUT2D eigenvalue weighted by molar-refractivity contribution is 0.0731. The summed E-state index contributed by atoms with van der Waals surface area (Å²) in [6, 6.07) is 0. The maximum atomic E-state index is 10.4. The van der Waals surface area contributed by atoms with Gasteiger partial charge in [0.15, 0.2) is 0 Å². The van der Waals surface area contributed by atoms with E-state index in [-0.39, 0.29) is 6.10 Å². The molecule has 0 saturated heterocycles. The monoisotopic (exact) mass is 271 g/mol. The van der Waals surface area contributed by atoms with E-state index in [1.807, 2.05) is 6.92 Å². The molecule has 19 heavy (non-hydrogen) atoms. The molecule has 0 rings (SSSR count). The second-order valence-electron chi connectivity index (χ2n) is 5.76. The van der Waals surface area contributed by atoms with E-state index in [1.54, 1.807) is 0 Å². The molecule has 3 nitrogen and oxygen atoms in total. The van der Waals surface area contributed by atoms with Gasteiger partial charge in [0.1, 0.15) is 0 Å². The van der Waals surface area contributed by atoms with Gasteiger partial charge in [-0.25, -0.2) is 0 Å². The Balaban J connectivity index is 4.20. The zero-order chi connectivity index (χ0) is 14.7. The summed E-state index contributed by atoms with van der Waals surface area (Å²) in [6.07, 6.45) is 8.28. The summed E-state index contributed by atoms with van der Waals surface area (Å²) in [4.78, 5) is 0. The van der Waals surface area contributed by atoms with Crippen molar-refractivity contribution >= 4 is 5.71 Å². The predicted molar refractivity (Wildman–Crippen MR) is 81.8 cm³/mol. The summed E-state index contributed by atoms with van der Waals surface area (Å²) in [5.41, 5.74) is 0.753. The van der Waals surface area contributed by atoms with E-state index in [0.29, 0.717) is 11.8 Å². The van der Waals surface area contributed by atoms with Crippen LogP contribution < -0.4 is 0 Å². The Labute approximate surface area is 119 Å². The van der Waals surface area contributed by atoms with E-state index in [0.717, 1.165) is 37.8 Å². The van der Waals surface area contributed by atoms with Gasteiger partial charge >= 0.3 is 0 Å². The first kappa shape index (κ1) is 18.4. The highest BCUT2D eigenvalue weighted by molar-refractivity contribution is 5.81. The third-order valence-electron chi connectivity index (χ3n) is 4.23. The lowest BCUT2D eigenvalue weighted by Gasteiger charge is -2.25. The number of aliphatic hydroxyl groups excluding tert-OH is 1. The van der Waals surface area contributed by atoms with Crippen molar-refractivity contribution in [1.82, 2.24) is 0 Å². The Bertz CT molecular complexity index is 241. The Kier molecular flexibility index (Phi) is 10.9. The summed E-state index contributed by atoms with van der Waals surface area (Å²) in [6.45, 7) is 8.40. The van der Waals surface area contributed by atoms with Crippen LogP contribution in [0.2, 0.25) is 0 Å². The molecule has 0 aliphatic rings. The topological polar surface area (TPSA) is 52.8 Å². The van der Waals surface area contributed by atoms with E-state index >= 15 is 0 Å². The van der Waals surface area contributed by atoms with Gasteiger partial charge in [0.05, 0.1) is 11.8 Å². The van der Waals surface area contributed by atoms with Gasteiger partial charge in [-0.2, -0.15) is 0 Å². The number of nitrogens with zero attached hydrogens (tertiary/aromatic N) is 1. The van der Waals surface area contributed by atoms with Gasteiger partial charge in [-0.15, -0.1) is 0 Å². The molecule has 0 aromatic rings. The van der Waals surface area contributed by atoms with Crippen LogP contribution in [-0.2, 0) is 0 Å². The average Bonchev–Trinajstić information content (AvgIpc) is 2.43. The largest absolute Gasteiger partial charge is 0.411 e. The molecule has 0 amide bonds. The predicted octanol–water partition coefficient (Wildman–Crippen LogP) is 4.61. The first-order valence-electron chi connectivity index (χ1n) is 7.94. The molecule has 0 aliphatic carbocycles. The van der Waals surface area contributed by atoms with Crippen molar-refractivity contribution < 1.29 is 10.3 Å². The SMILES string of the molecule is CCCCC(CC)CC(O)C(CC)CCC(C)=NO. The molecule has 0 spiro atoms. The first-order valence-corrected chi connectivity index (χ1v) is 7.94. The summed E-state index contributed by atoms with van der Waals surface area (Å²) >= 11 is 0. The lowest BCUT2D eigenvalue weighted by Crippen LogP contribution is -2.23. The van der Waals surface area contributed by atoms with Gasteiger partial charge in [0.2, 0.25) is 0 Å². The summed E-state index contributed by atoms with van der Waals surface area (Å²) in [7, 11) is 0. The van der Waals surface area contributed by atoms with Crippen LogP contribution in [0.15, 0.2) is 5.16 Å². The molecule has 0 saturated carbocycles. The number of unbranched alkanes of at least 4 members (excludes halogenated alkanes) is 1. The van der Waals surface area contributed by atoms with E-state index in [4.69, 9.17) is 5.21 Å². The molecule has 0 radical (unpaired) electrons. The van der Waals surface area contributed by atoms with Crippen LogP contribution in [0.5, 0.6) is 0 Å². The van der Waals surface area contributed by atoms with Crippen LogP contribution in [0.1, 0.15) is 79.1 Å². The maximum Gasteiger partial charge on any atom is 0.0571 e. The second kappa shape index (κ2) is 11.3. The van der Waals surface area contributed by atoms with Crippen molar-refractivity contribution in [2.45, 2.75) is 85.2 Å². The average molecular weight is 271 g/mol. The summed E-state index contributed by atoms with van der Waals surface area (Å²) < 4.78 is 0. The molecule has 0 bridgehead atoms. The second-order valence-corrected chi connectivity index (χ2v) is 5.76. The summed E-state index contributed by atoms with van der Waals surface area (Å²) in [5, 5.41) is 22.3. The molecule has 0 heterocycles. The van der Waals surface area contributed by atoms with Crippen LogP contribution in [0, 0.1) is 11.8 Å². The summed E-state index contributed by atoms with van der Waals surface area (Å²) in [5.74, 6) is 0.976. The van der Waals surface area contributed by atoms with E-state index in [1.165, 1.54) is 19.3 Å². The fraction of sp³-hybridized carbons (Fsp3) is 0.938. The maximum absolute atomic E-state index is 10.4. The fourth-order valence-electron chi connectivity index (χ4n) is 2.63. The third-order valence-corrected chi connectivity index (χ3v) is 4.23. The molecule has 2 N–H and O–H groups in total. The van der Waals surface area contributed by atoms with E-state index < -0.39 is 0 Å². The smallest absolute Gasteiger partial charge is 0.0571 e. The van der Waals surface area contributed by atoms with Crippen molar-refractivity contribution in [2.24, 2.45) is 17.0 Å². The van der Waals surface area contributed by atoms with Crippen LogP contribution >= 0.6 is 0 Å². The lowest BCUT2D eigenvalue weighted by atomic mass is 9.85. The van der Waals surface area contributed by atoms with Crippen molar-refractivity contribution in [2.75, 3.05) is 0 Å². The zero-order valence-electron chi connectivity index (χ0n) is 13.2. The quantitative estimate of drug-likeness (QED) is 0.327. The van der Waals surface area contributed by atoms with Gasteiger partial charge < -0.3 is 10.3 Å². The van der Waals surface area contributed by atoms with Crippen molar-refractivity contribution in [1.29, 1.82) is 0 Å². The highest BCUT2D eigenvalue weighted by Crippen LogP contribution is 2.25. The van der Waals surface area contributed by atoms with Crippen molar-refractivity contribution in [3.05, 3.63) is 0 Å². The molecule has 0 fully saturated rings. The highest BCUT2D eigenvalue weighted by atomic mass is 16.4. The van der Waals surface area contributed by atoms with Crippen molar-refractivity contribution in [3.8, 4) is 0 Å². The minimum atomic E-state index is -0.210. The molecule has 0 aromatic carbocycles. The number of aliphatic hydroxyl groups is 1. The van der Waals surface area contributed by atoms with Crippen molar-refractivity contribution in [3.63, 3.8) is 0 Å². The molecule has 114 valence electrons. The van der Waals surface area contributed by atoms with Crippen LogP contribution in [0.25, 0.3) is 0 Å². The Morgan fingerprint density at radius 2 is 1.79 bits per heavy atom. The fourth-order valence-corrected chi connectivity index (χ4v) is 2.63. The molecule has 0 aliphatic heterocycles. The van der Waals surface area contributed by atoms with Gasteiger partial charge in [0.25, 0.3) is 0 Å². The molecular formula is C16H33NO2. The number of rotatable bonds is 11. The van der Waals surface area contributed by atoms with E-state index in [2.05, 4.69) is 25.9 Å². The van der Waals surface area contributed by atoms with Gasteiger partial charge in [-0.3, -0.25) is 0 Å². The van der Waals surface area contributed by atoms with E-state index in [9.17, 15) is 5.11 Å². The Morgan fingerprint density at radius 3 is 2.26 bits per heavy atom. The molecule has 3 atom stereocenters. The molecular weight excluding hydrogens is 238 g/mol. The minimum absolute atomic E-state index is 0.210. The minimum Gasteiger partial charge on any atom is -0.411 e.